The zero-order chi connectivity index (χ0) is 21.8. The normalized spacial score (nSPS) is 21.7. The van der Waals surface area contributed by atoms with Gasteiger partial charge in [-0.3, -0.25) is 4.79 Å². The number of carbonyl (C=O) groups excluding carboxylic acids is 1. The van der Waals surface area contributed by atoms with E-state index >= 15 is 0 Å². The molecule has 2 aromatic rings. The molecule has 0 saturated heterocycles. The van der Waals surface area contributed by atoms with Crippen LogP contribution < -0.4 is 16.0 Å². The van der Waals surface area contributed by atoms with Crippen LogP contribution in [0, 0.1) is 0 Å². The standard InChI is InChI=1S/C24H28ClN3O3/c25-16-11-12-18-19(13-16)28-22(24(30)31)20(18)21(26-14-15-7-3-1-4-8-15)23(29)27-17-9-5-2-6-10-17/h1,3-4,7-8,11-13,17,20-22,26,28H,2,5-6,9-10,14H2,(H,27,29)(H,30,31). The molecule has 0 bridgehead atoms. The average molecular weight is 442 g/mol. The van der Waals surface area contributed by atoms with Gasteiger partial charge in [0, 0.05) is 29.2 Å². The first-order valence-electron chi connectivity index (χ1n) is 10.9. The molecule has 2 aromatic carbocycles. The lowest BCUT2D eigenvalue weighted by atomic mass is 9.86. The number of carbonyl (C=O) groups is 2. The van der Waals surface area contributed by atoms with Gasteiger partial charge >= 0.3 is 5.97 Å². The maximum absolute atomic E-state index is 13.4. The summed E-state index contributed by atoms with van der Waals surface area (Å²) >= 11 is 6.13. The number of carboxylic acids is 1. The van der Waals surface area contributed by atoms with Crippen molar-refractivity contribution in [2.75, 3.05) is 5.32 Å². The highest BCUT2D eigenvalue weighted by molar-refractivity contribution is 6.31. The first-order valence-corrected chi connectivity index (χ1v) is 11.3. The first kappa shape index (κ1) is 21.7. The second-order valence-electron chi connectivity index (χ2n) is 8.41. The molecule has 2 aliphatic rings. The first-order chi connectivity index (χ1) is 15.0. The summed E-state index contributed by atoms with van der Waals surface area (Å²) < 4.78 is 0. The predicted octanol–water partition coefficient (Wildman–Crippen LogP) is 3.91. The van der Waals surface area contributed by atoms with E-state index in [1.807, 2.05) is 36.4 Å². The van der Waals surface area contributed by atoms with E-state index in [1.54, 1.807) is 12.1 Å². The van der Waals surface area contributed by atoms with Gasteiger partial charge in [0.15, 0.2) is 0 Å². The lowest BCUT2D eigenvalue weighted by molar-refractivity contribution is -0.138. The molecule has 4 N–H and O–H groups in total. The van der Waals surface area contributed by atoms with Crippen molar-refractivity contribution in [1.29, 1.82) is 0 Å². The van der Waals surface area contributed by atoms with Crippen LogP contribution in [-0.2, 0) is 16.1 Å². The van der Waals surface area contributed by atoms with Crippen molar-refractivity contribution in [3.63, 3.8) is 0 Å². The van der Waals surface area contributed by atoms with Crippen molar-refractivity contribution in [1.82, 2.24) is 10.6 Å². The Hall–Kier alpha value is -2.57. The van der Waals surface area contributed by atoms with Crippen LogP contribution in [0.5, 0.6) is 0 Å². The monoisotopic (exact) mass is 441 g/mol. The number of rotatable bonds is 7. The van der Waals surface area contributed by atoms with Crippen LogP contribution in [0.3, 0.4) is 0 Å². The van der Waals surface area contributed by atoms with Crippen molar-refractivity contribution < 1.29 is 14.7 Å². The number of hydrogen-bond acceptors (Lipinski definition) is 4. The number of nitrogens with one attached hydrogen (secondary N) is 3. The van der Waals surface area contributed by atoms with Crippen LogP contribution in [0.4, 0.5) is 5.69 Å². The van der Waals surface area contributed by atoms with Crippen molar-refractivity contribution in [2.45, 2.75) is 62.7 Å². The Bertz CT molecular complexity index is 931. The molecule has 4 rings (SSSR count). The zero-order valence-electron chi connectivity index (χ0n) is 17.3. The van der Waals surface area contributed by atoms with E-state index in [1.165, 1.54) is 6.42 Å². The average Bonchev–Trinajstić information content (AvgIpc) is 3.14. The summed E-state index contributed by atoms with van der Waals surface area (Å²) in [4.78, 5) is 25.5. The van der Waals surface area contributed by atoms with Gasteiger partial charge in [-0.2, -0.15) is 0 Å². The molecule has 3 unspecified atom stereocenters. The number of halogens is 1. The largest absolute Gasteiger partial charge is 0.480 e. The number of anilines is 1. The molecule has 0 spiro atoms. The minimum atomic E-state index is -0.991. The quantitative estimate of drug-likeness (QED) is 0.523. The second-order valence-corrected chi connectivity index (χ2v) is 8.84. The van der Waals surface area contributed by atoms with Gasteiger partial charge in [0.2, 0.25) is 5.91 Å². The van der Waals surface area contributed by atoms with Gasteiger partial charge in [-0.1, -0.05) is 67.3 Å². The number of aliphatic carboxylic acids is 1. The maximum atomic E-state index is 13.4. The Morgan fingerprint density at radius 3 is 2.55 bits per heavy atom. The molecule has 0 radical (unpaired) electrons. The molecular weight excluding hydrogens is 414 g/mol. The molecule has 6 nitrogen and oxygen atoms in total. The summed E-state index contributed by atoms with van der Waals surface area (Å²) in [6, 6.07) is 13.6. The predicted molar refractivity (Wildman–Crippen MR) is 121 cm³/mol. The molecule has 31 heavy (non-hydrogen) atoms. The van der Waals surface area contributed by atoms with Crippen molar-refractivity contribution >= 4 is 29.2 Å². The smallest absolute Gasteiger partial charge is 0.326 e. The summed E-state index contributed by atoms with van der Waals surface area (Å²) in [6.45, 7) is 0.468. The zero-order valence-corrected chi connectivity index (χ0v) is 18.1. The van der Waals surface area contributed by atoms with Gasteiger partial charge < -0.3 is 21.1 Å². The van der Waals surface area contributed by atoms with Gasteiger partial charge in [-0.25, -0.2) is 4.79 Å². The van der Waals surface area contributed by atoms with Crippen LogP contribution in [0.15, 0.2) is 48.5 Å². The fourth-order valence-corrected chi connectivity index (χ4v) is 4.88. The summed E-state index contributed by atoms with van der Waals surface area (Å²) in [5.74, 6) is -1.70. The second kappa shape index (κ2) is 9.71. The number of hydrogen-bond donors (Lipinski definition) is 4. The Balaban J connectivity index is 1.62. The van der Waals surface area contributed by atoms with Gasteiger partial charge in [-0.15, -0.1) is 0 Å². The van der Waals surface area contributed by atoms with Gasteiger partial charge in [-0.05, 0) is 36.1 Å². The molecule has 7 heteroatoms. The molecule has 1 aliphatic heterocycles. The van der Waals surface area contributed by atoms with E-state index in [-0.39, 0.29) is 11.9 Å². The van der Waals surface area contributed by atoms with Gasteiger partial charge in [0.1, 0.15) is 6.04 Å². The number of benzene rings is 2. The third-order valence-corrected chi connectivity index (χ3v) is 6.51. The summed E-state index contributed by atoms with van der Waals surface area (Å²) in [5.41, 5.74) is 2.50. The van der Waals surface area contributed by atoms with Crippen LogP contribution in [0.25, 0.3) is 0 Å². The lowest BCUT2D eigenvalue weighted by Crippen LogP contribution is -2.53. The Morgan fingerprint density at radius 1 is 1.10 bits per heavy atom. The fraction of sp³-hybridized carbons (Fsp3) is 0.417. The Morgan fingerprint density at radius 2 is 1.84 bits per heavy atom. The van der Waals surface area contributed by atoms with Crippen LogP contribution in [-0.4, -0.2) is 35.1 Å². The third-order valence-electron chi connectivity index (χ3n) is 6.27. The summed E-state index contributed by atoms with van der Waals surface area (Å²) in [5, 5.41) is 20.0. The molecule has 1 aliphatic carbocycles. The van der Waals surface area contributed by atoms with E-state index in [4.69, 9.17) is 11.6 Å². The number of amides is 1. The van der Waals surface area contributed by atoms with E-state index in [9.17, 15) is 14.7 Å². The van der Waals surface area contributed by atoms with Gasteiger partial charge in [0.25, 0.3) is 0 Å². The van der Waals surface area contributed by atoms with Crippen molar-refractivity contribution in [2.24, 2.45) is 0 Å². The molecule has 1 fully saturated rings. The molecule has 0 aromatic heterocycles. The minimum Gasteiger partial charge on any atom is -0.480 e. The fourth-order valence-electron chi connectivity index (χ4n) is 4.71. The van der Waals surface area contributed by atoms with Crippen LogP contribution >= 0.6 is 11.6 Å². The molecule has 1 heterocycles. The highest BCUT2D eigenvalue weighted by Crippen LogP contribution is 2.40. The van der Waals surface area contributed by atoms with Crippen molar-refractivity contribution in [3.05, 3.63) is 64.7 Å². The van der Waals surface area contributed by atoms with Crippen LogP contribution in [0.2, 0.25) is 5.02 Å². The van der Waals surface area contributed by atoms with Crippen LogP contribution in [0.1, 0.15) is 49.1 Å². The number of carboxylic acid groups (broad SMARTS) is 1. The van der Waals surface area contributed by atoms with E-state index < -0.39 is 24.0 Å². The number of fused-ring (bicyclic) bond motifs is 1. The third kappa shape index (κ3) is 5.02. The topological polar surface area (TPSA) is 90.5 Å². The highest BCUT2D eigenvalue weighted by Gasteiger charge is 2.44. The minimum absolute atomic E-state index is 0.143. The molecule has 3 atom stereocenters. The Kier molecular flexibility index (Phi) is 6.78. The van der Waals surface area contributed by atoms with Crippen molar-refractivity contribution in [3.8, 4) is 0 Å². The SMILES string of the molecule is O=C(O)C1Nc2cc(Cl)ccc2C1C(NCc1ccccc1)C(=O)NC1CCCCC1. The molecule has 1 amide bonds. The highest BCUT2D eigenvalue weighted by atomic mass is 35.5. The summed E-state index contributed by atoms with van der Waals surface area (Å²) in [7, 11) is 0. The summed E-state index contributed by atoms with van der Waals surface area (Å²) in [6.07, 6.45) is 5.35. The lowest BCUT2D eigenvalue weighted by Gasteiger charge is -2.30. The molecule has 164 valence electrons. The van der Waals surface area contributed by atoms with E-state index in [0.717, 1.165) is 36.8 Å². The molecule has 1 saturated carbocycles. The van der Waals surface area contributed by atoms with Gasteiger partial charge in [0.05, 0.1) is 6.04 Å². The van der Waals surface area contributed by atoms with E-state index in [0.29, 0.717) is 17.3 Å². The molecular formula is C24H28ClN3O3. The maximum Gasteiger partial charge on any atom is 0.326 e. The van der Waals surface area contributed by atoms with E-state index in [2.05, 4.69) is 16.0 Å². The Labute approximate surface area is 187 Å².